The van der Waals surface area contributed by atoms with Crippen LogP contribution in [0.1, 0.15) is 23.8 Å². The van der Waals surface area contributed by atoms with Crippen LogP contribution in [0.5, 0.6) is 11.5 Å². The molecule has 30 heavy (non-hydrogen) atoms. The summed E-state index contributed by atoms with van der Waals surface area (Å²) < 4.78 is 16.6. The molecule has 8 nitrogen and oxygen atoms in total. The number of benzene rings is 1. The van der Waals surface area contributed by atoms with E-state index in [9.17, 15) is 14.7 Å². The maximum absolute atomic E-state index is 12.9. The van der Waals surface area contributed by atoms with E-state index in [4.69, 9.17) is 13.9 Å². The number of amides is 1. The monoisotopic (exact) mass is 412 g/mol. The zero-order chi connectivity index (χ0) is 21.3. The van der Waals surface area contributed by atoms with Gasteiger partial charge in [-0.25, -0.2) is 0 Å². The van der Waals surface area contributed by atoms with E-state index < -0.39 is 17.7 Å². The summed E-state index contributed by atoms with van der Waals surface area (Å²) in [6.45, 7) is 1.98. The summed E-state index contributed by atoms with van der Waals surface area (Å²) in [4.78, 5) is 29.2. The highest BCUT2D eigenvalue weighted by atomic mass is 16.6. The molecule has 2 aromatic rings. The first kappa shape index (κ1) is 20.0. The summed E-state index contributed by atoms with van der Waals surface area (Å²) in [6, 6.07) is 7.55. The summed E-state index contributed by atoms with van der Waals surface area (Å²) in [5.41, 5.74) is 0.388. The number of aliphatic hydroxyl groups excluding tert-OH is 1. The van der Waals surface area contributed by atoms with Gasteiger partial charge in [0.2, 0.25) is 0 Å². The van der Waals surface area contributed by atoms with Crippen molar-refractivity contribution < 1.29 is 28.6 Å². The second-order valence-corrected chi connectivity index (χ2v) is 7.52. The van der Waals surface area contributed by atoms with Crippen LogP contribution in [0.4, 0.5) is 0 Å². The fourth-order valence-corrected chi connectivity index (χ4v) is 3.76. The Hall–Kier alpha value is -3.26. The molecule has 1 N–H and O–H groups in total. The fourth-order valence-electron chi connectivity index (χ4n) is 3.76. The number of Topliss-reactive ketones (excluding diaryl/α,β-unsaturated/α-hetero) is 1. The molecule has 8 heteroatoms. The van der Waals surface area contributed by atoms with E-state index in [1.54, 1.807) is 30.3 Å². The third-order valence-electron chi connectivity index (χ3n) is 5.17. The van der Waals surface area contributed by atoms with Gasteiger partial charge in [-0.05, 0) is 57.4 Å². The average molecular weight is 412 g/mol. The molecule has 0 bridgehead atoms. The Morgan fingerprint density at radius 1 is 1.17 bits per heavy atom. The van der Waals surface area contributed by atoms with E-state index in [0.717, 1.165) is 6.54 Å². The van der Waals surface area contributed by atoms with Crippen LogP contribution in [0.15, 0.2) is 46.6 Å². The fraction of sp³-hybridized carbons (Fsp3) is 0.364. The number of rotatable bonds is 6. The van der Waals surface area contributed by atoms with Gasteiger partial charge in [0, 0.05) is 12.1 Å². The average Bonchev–Trinajstić information content (AvgIpc) is 3.35. The Labute approximate surface area is 174 Å². The first-order chi connectivity index (χ1) is 14.5. The molecular formula is C22H24N2O6. The minimum absolute atomic E-state index is 0.0106. The van der Waals surface area contributed by atoms with E-state index in [0.29, 0.717) is 49.0 Å². The quantitative estimate of drug-likeness (QED) is 0.443. The highest BCUT2D eigenvalue weighted by Gasteiger charge is 2.47. The molecule has 4 rings (SSSR count). The van der Waals surface area contributed by atoms with E-state index in [1.807, 2.05) is 19.0 Å². The predicted octanol–water partition coefficient (Wildman–Crippen LogP) is 2.42. The Morgan fingerprint density at radius 3 is 2.63 bits per heavy atom. The van der Waals surface area contributed by atoms with Crippen LogP contribution in [0, 0.1) is 0 Å². The largest absolute Gasteiger partial charge is 0.507 e. The molecule has 0 aliphatic carbocycles. The summed E-state index contributed by atoms with van der Waals surface area (Å²) in [7, 11) is 3.89. The zero-order valence-electron chi connectivity index (χ0n) is 17.0. The van der Waals surface area contributed by atoms with Crippen molar-refractivity contribution in [2.24, 2.45) is 0 Å². The van der Waals surface area contributed by atoms with Crippen LogP contribution in [0.3, 0.4) is 0 Å². The van der Waals surface area contributed by atoms with E-state index in [1.165, 1.54) is 11.2 Å². The van der Waals surface area contributed by atoms with Crippen LogP contribution in [0.25, 0.3) is 5.76 Å². The number of aliphatic hydroxyl groups is 1. The van der Waals surface area contributed by atoms with Crippen molar-refractivity contribution in [1.29, 1.82) is 0 Å². The van der Waals surface area contributed by atoms with Gasteiger partial charge < -0.3 is 28.8 Å². The van der Waals surface area contributed by atoms with Gasteiger partial charge in [0.05, 0.1) is 11.8 Å². The minimum atomic E-state index is -0.782. The number of hydrogen-bond donors (Lipinski definition) is 1. The van der Waals surface area contributed by atoms with E-state index in [-0.39, 0.29) is 11.3 Å². The molecule has 1 saturated heterocycles. The number of hydrogen-bond acceptors (Lipinski definition) is 7. The summed E-state index contributed by atoms with van der Waals surface area (Å²) in [6.07, 6.45) is 2.17. The molecule has 1 amide bonds. The molecular weight excluding hydrogens is 388 g/mol. The van der Waals surface area contributed by atoms with Gasteiger partial charge in [-0.1, -0.05) is 0 Å². The Bertz CT molecular complexity index is 980. The summed E-state index contributed by atoms with van der Waals surface area (Å²) in [5, 5.41) is 11.0. The molecule has 158 valence electrons. The van der Waals surface area contributed by atoms with Crippen molar-refractivity contribution in [2.45, 2.75) is 12.5 Å². The molecule has 1 aromatic carbocycles. The van der Waals surface area contributed by atoms with Gasteiger partial charge in [-0.15, -0.1) is 0 Å². The first-order valence-electron chi connectivity index (χ1n) is 9.84. The number of carbonyl (C=O) groups excluding carboxylic acids is 2. The molecule has 1 atom stereocenters. The van der Waals surface area contributed by atoms with E-state index >= 15 is 0 Å². The Morgan fingerprint density at radius 2 is 1.93 bits per heavy atom. The lowest BCUT2D eigenvalue weighted by Crippen LogP contribution is -2.32. The Kier molecular flexibility index (Phi) is 5.50. The van der Waals surface area contributed by atoms with Crippen molar-refractivity contribution in [3.8, 4) is 11.5 Å². The zero-order valence-corrected chi connectivity index (χ0v) is 17.0. The second kappa shape index (κ2) is 8.23. The maximum atomic E-state index is 12.9. The summed E-state index contributed by atoms with van der Waals surface area (Å²) in [5.74, 6) is -0.146. The van der Waals surface area contributed by atoms with Gasteiger partial charge in [0.15, 0.2) is 11.5 Å². The Balaban J connectivity index is 1.74. The molecule has 1 aromatic heterocycles. The predicted molar refractivity (Wildman–Crippen MR) is 108 cm³/mol. The third kappa shape index (κ3) is 3.66. The standard InChI is InChI=1S/C22H24N2O6/c1-23(2)8-4-9-24-19(16-5-3-10-28-16)18(21(26)22(24)27)20(25)14-6-7-15-17(13-14)30-12-11-29-15/h3,5-7,10,13,19,25H,4,8-9,11-12H2,1-2H3/b20-18-/t19-/m1/s1. The molecule has 0 radical (unpaired) electrons. The number of likely N-dealkylation sites (tertiary alicyclic amines) is 1. The second-order valence-electron chi connectivity index (χ2n) is 7.52. The van der Waals surface area contributed by atoms with Crippen molar-refractivity contribution in [1.82, 2.24) is 9.80 Å². The van der Waals surface area contributed by atoms with Crippen LogP contribution < -0.4 is 9.47 Å². The van der Waals surface area contributed by atoms with Crippen LogP contribution in [-0.4, -0.2) is 67.0 Å². The summed E-state index contributed by atoms with van der Waals surface area (Å²) >= 11 is 0. The van der Waals surface area contributed by atoms with Crippen molar-refractivity contribution in [2.75, 3.05) is 40.4 Å². The lowest BCUT2D eigenvalue weighted by molar-refractivity contribution is -0.140. The molecule has 0 spiro atoms. The number of ketones is 1. The van der Waals surface area contributed by atoms with E-state index in [2.05, 4.69) is 0 Å². The van der Waals surface area contributed by atoms with Gasteiger partial charge in [-0.3, -0.25) is 9.59 Å². The van der Waals surface area contributed by atoms with Crippen LogP contribution in [0.2, 0.25) is 0 Å². The number of carbonyl (C=O) groups is 2. The molecule has 0 saturated carbocycles. The SMILES string of the molecule is CN(C)CCCN1C(=O)C(=O)/C(=C(\O)c2ccc3c(c2)OCCO3)[C@H]1c1ccco1. The maximum Gasteiger partial charge on any atom is 0.295 e. The highest BCUT2D eigenvalue weighted by Crippen LogP contribution is 2.41. The van der Waals surface area contributed by atoms with Crippen molar-refractivity contribution in [3.05, 3.63) is 53.5 Å². The van der Waals surface area contributed by atoms with Gasteiger partial charge in [0.1, 0.15) is 30.8 Å². The first-order valence-corrected chi connectivity index (χ1v) is 9.84. The van der Waals surface area contributed by atoms with Crippen molar-refractivity contribution in [3.63, 3.8) is 0 Å². The minimum Gasteiger partial charge on any atom is -0.507 e. The highest BCUT2D eigenvalue weighted by molar-refractivity contribution is 6.46. The number of ether oxygens (including phenoxy) is 2. The lowest BCUT2D eigenvalue weighted by atomic mass is 9.99. The number of furan rings is 1. The smallest absolute Gasteiger partial charge is 0.295 e. The van der Waals surface area contributed by atoms with Gasteiger partial charge in [-0.2, -0.15) is 0 Å². The van der Waals surface area contributed by atoms with Crippen LogP contribution in [-0.2, 0) is 9.59 Å². The molecule has 2 aliphatic heterocycles. The molecule has 1 fully saturated rings. The van der Waals surface area contributed by atoms with Gasteiger partial charge in [0.25, 0.3) is 11.7 Å². The number of fused-ring (bicyclic) bond motifs is 1. The number of nitrogens with zero attached hydrogens (tertiary/aromatic N) is 2. The normalized spacial score (nSPS) is 20.2. The van der Waals surface area contributed by atoms with Gasteiger partial charge >= 0.3 is 0 Å². The van der Waals surface area contributed by atoms with Crippen molar-refractivity contribution >= 4 is 17.4 Å². The molecule has 0 unspecified atom stereocenters. The lowest BCUT2D eigenvalue weighted by Gasteiger charge is -2.24. The molecule has 3 heterocycles. The molecule has 2 aliphatic rings. The van der Waals surface area contributed by atoms with Crippen LogP contribution >= 0.6 is 0 Å². The third-order valence-corrected chi connectivity index (χ3v) is 5.17. The topological polar surface area (TPSA) is 92.5 Å².